The second-order valence-electron chi connectivity index (χ2n) is 10.5. The van der Waals surface area contributed by atoms with Crippen molar-refractivity contribution in [2.24, 2.45) is 5.92 Å². The molecule has 0 N–H and O–H groups in total. The lowest BCUT2D eigenvalue weighted by Gasteiger charge is -2.43. The zero-order chi connectivity index (χ0) is 25.8. The molecule has 3 heterocycles. The second kappa shape index (κ2) is 11.3. The number of aromatic nitrogens is 1. The van der Waals surface area contributed by atoms with Gasteiger partial charge in [0.15, 0.2) is 0 Å². The standard InChI is InChI=1S/C31H38N2O4/c1-22-28-11-8-24(21-25(28)12-15-32-22)23-6-9-26(10-7-23)31(2,37-20-19-35-3)27-13-16-33(17-14-27)30(34)29-5-4-18-36-29/h6-12,15,21,27,29H,4-5,13-14,16-20H2,1-3H3. The maximum absolute atomic E-state index is 12.9. The molecule has 37 heavy (non-hydrogen) atoms. The van der Waals surface area contributed by atoms with Gasteiger partial charge in [-0.25, -0.2) is 0 Å². The van der Waals surface area contributed by atoms with Gasteiger partial charge in [-0.3, -0.25) is 9.78 Å². The van der Waals surface area contributed by atoms with E-state index in [1.807, 2.05) is 18.0 Å². The predicted octanol–water partition coefficient (Wildman–Crippen LogP) is 5.51. The maximum Gasteiger partial charge on any atom is 0.251 e. The normalized spacial score (nSPS) is 20.3. The van der Waals surface area contributed by atoms with Crippen LogP contribution in [0, 0.1) is 12.8 Å². The Labute approximate surface area is 219 Å². The molecule has 2 unspecified atom stereocenters. The van der Waals surface area contributed by atoms with E-state index in [0.29, 0.717) is 25.7 Å². The number of aryl methyl sites for hydroxylation is 1. The van der Waals surface area contributed by atoms with Crippen LogP contribution < -0.4 is 0 Å². The third-order valence-electron chi connectivity index (χ3n) is 8.24. The minimum Gasteiger partial charge on any atom is -0.382 e. The van der Waals surface area contributed by atoms with Crippen LogP contribution >= 0.6 is 0 Å². The number of amides is 1. The van der Waals surface area contributed by atoms with Crippen LogP contribution in [0.5, 0.6) is 0 Å². The van der Waals surface area contributed by atoms with Gasteiger partial charge in [-0.05, 0) is 79.7 Å². The molecule has 2 fully saturated rings. The molecule has 0 saturated carbocycles. The van der Waals surface area contributed by atoms with Crippen molar-refractivity contribution < 1.29 is 19.0 Å². The second-order valence-corrected chi connectivity index (χ2v) is 10.5. The number of methoxy groups -OCH3 is 1. The quantitative estimate of drug-likeness (QED) is 0.380. The molecule has 0 radical (unpaired) electrons. The number of fused-ring (bicyclic) bond motifs is 1. The first kappa shape index (κ1) is 25.8. The summed E-state index contributed by atoms with van der Waals surface area (Å²) in [5, 5.41) is 2.39. The third-order valence-corrected chi connectivity index (χ3v) is 8.24. The number of rotatable bonds is 8. The van der Waals surface area contributed by atoms with Crippen molar-refractivity contribution in [2.45, 2.75) is 51.2 Å². The molecule has 0 spiro atoms. The van der Waals surface area contributed by atoms with Gasteiger partial charge in [0.2, 0.25) is 0 Å². The summed E-state index contributed by atoms with van der Waals surface area (Å²) in [4.78, 5) is 19.3. The lowest BCUT2D eigenvalue weighted by molar-refractivity contribution is -0.146. The minimum absolute atomic E-state index is 0.156. The van der Waals surface area contributed by atoms with Crippen molar-refractivity contribution in [3.05, 3.63) is 66.0 Å². The van der Waals surface area contributed by atoms with Gasteiger partial charge in [-0.1, -0.05) is 36.4 Å². The lowest BCUT2D eigenvalue weighted by atomic mass is 9.76. The SMILES string of the molecule is COCCOC(C)(c1ccc(-c2ccc3c(C)nccc3c2)cc1)C1CCN(C(=O)C2CCCO2)CC1. The summed E-state index contributed by atoms with van der Waals surface area (Å²) in [5.41, 5.74) is 4.12. The molecule has 1 amide bonds. The van der Waals surface area contributed by atoms with E-state index in [4.69, 9.17) is 14.2 Å². The molecule has 2 aliphatic heterocycles. The predicted molar refractivity (Wildman–Crippen MR) is 145 cm³/mol. The number of hydrogen-bond acceptors (Lipinski definition) is 5. The van der Waals surface area contributed by atoms with E-state index in [1.54, 1.807) is 7.11 Å². The molecule has 0 aliphatic carbocycles. The van der Waals surface area contributed by atoms with Crippen molar-refractivity contribution in [3.8, 4) is 11.1 Å². The highest BCUT2D eigenvalue weighted by Crippen LogP contribution is 2.40. The molecule has 2 aromatic carbocycles. The molecule has 3 aromatic rings. The molecule has 0 bridgehead atoms. The van der Waals surface area contributed by atoms with Gasteiger partial charge >= 0.3 is 0 Å². The van der Waals surface area contributed by atoms with Crippen LogP contribution in [-0.2, 0) is 24.6 Å². The molecule has 2 atom stereocenters. The van der Waals surface area contributed by atoms with Crippen molar-refractivity contribution >= 4 is 16.7 Å². The van der Waals surface area contributed by atoms with Crippen molar-refractivity contribution in [3.63, 3.8) is 0 Å². The highest BCUT2D eigenvalue weighted by Gasteiger charge is 2.40. The average molecular weight is 503 g/mol. The first-order valence-corrected chi connectivity index (χ1v) is 13.5. The Balaban J connectivity index is 1.34. The highest BCUT2D eigenvalue weighted by molar-refractivity contribution is 5.88. The van der Waals surface area contributed by atoms with Gasteiger partial charge in [0.25, 0.3) is 5.91 Å². The Hall–Kier alpha value is -2.80. The highest BCUT2D eigenvalue weighted by atomic mass is 16.5. The summed E-state index contributed by atoms with van der Waals surface area (Å²) in [6, 6.07) is 17.4. The fourth-order valence-corrected chi connectivity index (χ4v) is 5.90. The Bertz CT molecular complexity index is 1210. The topological polar surface area (TPSA) is 60.9 Å². The minimum atomic E-state index is -0.456. The van der Waals surface area contributed by atoms with E-state index in [0.717, 1.165) is 50.0 Å². The van der Waals surface area contributed by atoms with Gasteiger partial charge in [0, 0.05) is 44.1 Å². The van der Waals surface area contributed by atoms with Crippen molar-refractivity contribution in [2.75, 3.05) is 40.0 Å². The molecule has 196 valence electrons. The van der Waals surface area contributed by atoms with Gasteiger partial charge in [0.1, 0.15) is 6.10 Å². The summed E-state index contributed by atoms with van der Waals surface area (Å²) in [6.07, 6.45) is 5.25. The van der Waals surface area contributed by atoms with Crippen LogP contribution in [0.25, 0.3) is 21.9 Å². The number of hydrogen-bond donors (Lipinski definition) is 0. The zero-order valence-corrected chi connectivity index (χ0v) is 22.2. The summed E-state index contributed by atoms with van der Waals surface area (Å²) in [5.74, 6) is 0.462. The molecule has 2 aliphatic rings. The average Bonchev–Trinajstić information content (AvgIpc) is 3.48. The van der Waals surface area contributed by atoms with E-state index in [2.05, 4.69) is 60.4 Å². The van der Waals surface area contributed by atoms with Crippen LogP contribution in [0.1, 0.15) is 43.9 Å². The monoisotopic (exact) mass is 502 g/mol. The first-order chi connectivity index (χ1) is 18.0. The number of carbonyl (C=O) groups is 1. The van der Waals surface area contributed by atoms with Gasteiger partial charge in [-0.2, -0.15) is 0 Å². The van der Waals surface area contributed by atoms with Crippen LogP contribution in [0.2, 0.25) is 0 Å². The van der Waals surface area contributed by atoms with Gasteiger partial charge < -0.3 is 19.1 Å². The van der Waals surface area contributed by atoms with Crippen molar-refractivity contribution in [1.29, 1.82) is 0 Å². The maximum atomic E-state index is 12.9. The smallest absolute Gasteiger partial charge is 0.251 e. The van der Waals surface area contributed by atoms with Crippen molar-refractivity contribution in [1.82, 2.24) is 9.88 Å². The summed E-state index contributed by atoms with van der Waals surface area (Å²) >= 11 is 0. The first-order valence-electron chi connectivity index (χ1n) is 13.5. The lowest BCUT2D eigenvalue weighted by Crippen LogP contribution is -2.48. The number of carbonyl (C=O) groups excluding carboxylic acids is 1. The van der Waals surface area contributed by atoms with E-state index in [1.165, 1.54) is 21.9 Å². The van der Waals surface area contributed by atoms with Crippen LogP contribution in [0.15, 0.2) is 54.7 Å². The van der Waals surface area contributed by atoms with E-state index in [-0.39, 0.29) is 12.0 Å². The molecule has 6 heteroatoms. The fourth-order valence-electron chi connectivity index (χ4n) is 5.90. The van der Waals surface area contributed by atoms with E-state index in [9.17, 15) is 4.79 Å². The van der Waals surface area contributed by atoms with Crippen LogP contribution in [-0.4, -0.2) is 61.9 Å². The zero-order valence-electron chi connectivity index (χ0n) is 22.2. The Morgan fingerprint density at radius 1 is 1.05 bits per heavy atom. The number of piperidine rings is 1. The molecule has 5 rings (SSSR count). The van der Waals surface area contributed by atoms with E-state index >= 15 is 0 Å². The molecule has 1 aromatic heterocycles. The van der Waals surface area contributed by atoms with Crippen LogP contribution in [0.3, 0.4) is 0 Å². The summed E-state index contributed by atoms with van der Waals surface area (Å²) in [7, 11) is 1.70. The largest absolute Gasteiger partial charge is 0.382 e. The van der Waals surface area contributed by atoms with E-state index < -0.39 is 5.60 Å². The van der Waals surface area contributed by atoms with Gasteiger partial charge in [0.05, 0.1) is 18.8 Å². The Morgan fingerprint density at radius 2 is 1.81 bits per heavy atom. The molecular weight excluding hydrogens is 464 g/mol. The number of likely N-dealkylation sites (tertiary alicyclic amines) is 1. The molecular formula is C31H38N2O4. The number of ether oxygens (including phenoxy) is 3. The van der Waals surface area contributed by atoms with Crippen LogP contribution in [0.4, 0.5) is 0 Å². The number of benzene rings is 2. The molecule has 6 nitrogen and oxygen atoms in total. The summed E-state index contributed by atoms with van der Waals surface area (Å²) in [6.45, 7) is 7.52. The fraction of sp³-hybridized carbons (Fsp3) is 0.484. The number of pyridine rings is 1. The van der Waals surface area contributed by atoms with Gasteiger partial charge in [-0.15, -0.1) is 0 Å². The molecule has 2 saturated heterocycles. The Morgan fingerprint density at radius 3 is 2.51 bits per heavy atom. The third kappa shape index (κ3) is 5.42. The summed E-state index contributed by atoms with van der Waals surface area (Å²) < 4.78 is 17.5. The Kier molecular flexibility index (Phi) is 7.89. The number of nitrogens with zero attached hydrogens (tertiary/aromatic N) is 2.